The van der Waals surface area contributed by atoms with Crippen LogP contribution in [-0.2, 0) is 0 Å². The molecule has 1 aliphatic heterocycles. The zero-order valence-corrected chi connectivity index (χ0v) is 12.3. The van der Waals surface area contributed by atoms with Crippen LogP contribution in [0.15, 0.2) is 40.6 Å². The molecular weight excluding hydrogens is 276 g/mol. The van der Waals surface area contributed by atoms with Crippen molar-refractivity contribution < 1.29 is 0 Å². The smallest absolute Gasteiger partial charge is 0.188 e. The first kappa shape index (κ1) is 12.9. The predicted octanol–water partition coefficient (Wildman–Crippen LogP) is 3.26. The lowest BCUT2D eigenvalue weighted by atomic mass is 10.2. The zero-order valence-electron chi connectivity index (χ0n) is 10.7. The topological polar surface area (TPSA) is 53.6 Å². The van der Waals surface area contributed by atoms with Crippen molar-refractivity contribution in [1.82, 2.24) is 15.2 Å². The highest BCUT2D eigenvalue weighted by molar-refractivity contribution is 8.00. The first-order valence-corrected chi connectivity index (χ1v) is 8.17. The van der Waals surface area contributed by atoms with Gasteiger partial charge in [-0.15, -0.1) is 0 Å². The molecule has 19 heavy (non-hydrogen) atoms. The molecule has 1 fully saturated rings. The summed E-state index contributed by atoms with van der Waals surface area (Å²) in [6.07, 6.45) is 2.77. The Morgan fingerprint density at radius 3 is 2.84 bits per heavy atom. The fourth-order valence-electron chi connectivity index (χ4n) is 2.13. The molecule has 2 atom stereocenters. The molecule has 3 rings (SSSR count). The van der Waals surface area contributed by atoms with Crippen molar-refractivity contribution in [3.63, 3.8) is 0 Å². The fraction of sp³-hybridized carbons (Fsp3) is 0.385. The second-order valence-corrected chi connectivity index (χ2v) is 7.17. The number of nitrogens with zero attached hydrogens (tertiary/aromatic N) is 2. The maximum atomic E-state index is 4.10. The van der Waals surface area contributed by atoms with E-state index in [9.17, 15) is 0 Å². The van der Waals surface area contributed by atoms with E-state index in [0.29, 0.717) is 6.04 Å². The van der Waals surface area contributed by atoms with Gasteiger partial charge in [-0.25, -0.2) is 4.98 Å². The van der Waals surface area contributed by atoms with E-state index >= 15 is 0 Å². The number of nitrogens with one attached hydrogen (secondary N) is 2. The third-order valence-corrected chi connectivity index (χ3v) is 5.29. The van der Waals surface area contributed by atoms with E-state index in [4.69, 9.17) is 0 Å². The van der Waals surface area contributed by atoms with Gasteiger partial charge >= 0.3 is 0 Å². The molecule has 0 aliphatic carbocycles. The van der Waals surface area contributed by atoms with Gasteiger partial charge in [0.2, 0.25) is 0 Å². The summed E-state index contributed by atoms with van der Waals surface area (Å²) in [5.41, 5.74) is 1.20. The van der Waals surface area contributed by atoms with Crippen LogP contribution in [0.2, 0.25) is 0 Å². The third-order valence-electron chi connectivity index (χ3n) is 3.03. The highest BCUT2D eigenvalue weighted by Gasteiger charge is 2.21. The van der Waals surface area contributed by atoms with Gasteiger partial charge in [0.15, 0.2) is 5.16 Å². The minimum absolute atomic E-state index is 0.604. The van der Waals surface area contributed by atoms with Gasteiger partial charge in [0.25, 0.3) is 0 Å². The Bertz CT molecular complexity index is 512. The molecule has 0 amide bonds. The van der Waals surface area contributed by atoms with Crippen LogP contribution >= 0.6 is 23.5 Å². The predicted molar refractivity (Wildman–Crippen MR) is 80.9 cm³/mol. The fourth-order valence-corrected chi connectivity index (χ4v) is 3.97. The molecule has 0 spiro atoms. The number of aromatic nitrogens is 3. The summed E-state index contributed by atoms with van der Waals surface area (Å²) in [7, 11) is 0. The first-order chi connectivity index (χ1) is 9.29. The maximum absolute atomic E-state index is 4.10. The van der Waals surface area contributed by atoms with Gasteiger partial charge in [-0.2, -0.15) is 16.9 Å². The summed E-state index contributed by atoms with van der Waals surface area (Å²) >= 11 is 3.63. The molecule has 0 radical (unpaired) electrons. The molecule has 1 aliphatic rings. The van der Waals surface area contributed by atoms with Crippen molar-refractivity contribution in [2.45, 2.75) is 34.7 Å². The van der Waals surface area contributed by atoms with Crippen LogP contribution in [0.1, 0.15) is 13.3 Å². The Morgan fingerprint density at radius 1 is 1.37 bits per heavy atom. The molecule has 2 unspecified atom stereocenters. The monoisotopic (exact) mass is 292 g/mol. The van der Waals surface area contributed by atoms with Crippen LogP contribution < -0.4 is 5.32 Å². The van der Waals surface area contributed by atoms with Crippen LogP contribution in [0.4, 0.5) is 5.69 Å². The Hall–Kier alpha value is -1.14. The summed E-state index contributed by atoms with van der Waals surface area (Å²) in [6.45, 7) is 2.30. The molecule has 1 saturated heterocycles. The number of hydrogen-bond donors (Lipinski definition) is 2. The van der Waals surface area contributed by atoms with Crippen molar-refractivity contribution in [2.75, 3.05) is 11.1 Å². The van der Waals surface area contributed by atoms with Crippen LogP contribution in [0.25, 0.3) is 0 Å². The molecule has 2 aromatic rings. The highest BCUT2D eigenvalue weighted by atomic mass is 32.2. The average Bonchev–Trinajstić information content (AvgIpc) is 3.04. The van der Waals surface area contributed by atoms with E-state index in [1.54, 1.807) is 11.8 Å². The summed E-state index contributed by atoms with van der Waals surface area (Å²) in [6, 6.07) is 9.09. The number of anilines is 1. The standard InChI is InChI=1S/C13H16N4S2/c1-9-6-11(7-18-9)16-10-2-4-12(5-3-10)19-13-14-8-15-17-13/h2-5,8-9,11,16H,6-7H2,1H3,(H,14,15,17). The Morgan fingerprint density at radius 2 is 2.21 bits per heavy atom. The molecule has 1 aromatic carbocycles. The van der Waals surface area contributed by atoms with E-state index < -0.39 is 0 Å². The molecule has 2 N–H and O–H groups in total. The number of benzene rings is 1. The quantitative estimate of drug-likeness (QED) is 0.906. The van der Waals surface area contributed by atoms with Gasteiger partial charge in [-0.1, -0.05) is 18.7 Å². The van der Waals surface area contributed by atoms with Crippen molar-refractivity contribution in [1.29, 1.82) is 0 Å². The normalized spacial score (nSPS) is 22.6. The first-order valence-electron chi connectivity index (χ1n) is 6.31. The largest absolute Gasteiger partial charge is 0.381 e. The van der Waals surface area contributed by atoms with E-state index in [0.717, 1.165) is 15.3 Å². The lowest BCUT2D eigenvalue weighted by Crippen LogP contribution is -2.18. The van der Waals surface area contributed by atoms with E-state index in [1.165, 1.54) is 24.2 Å². The average molecular weight is 292 g/mol. The van der Waals surface area contributed by atoms with Crippen molar-refractivity contribution in [2.24, 2.45) is 0 Å². The van der Waals surface area contributed by atoms with Gasteiger partial charge in [0.05, 0.1) is 0 Å². The highest BCUT2D eigenvalue weighted by Crippen LogP contribution is 2.29. The van der Waals surface area contributed by atoms with E-state index in [2.05, 4.69) is 51.7 Å². The summed E-state index contributed by atoms with van der Waals surface area (Å²) in [5, 5.41) is 11.9. The lowest BCUT2D eigenvalue weighted by Gasteiger charge is -2.13. The van der Waals surface area contributed by atoms with Crippen LogP contribution in [-0.4, -0.2) is 32.2 Å². The van der Waals surface area contributed by atoms with Crippen molar-refractivity contribution in [3.8, 4) is 0 Å². The Balaban J connectivity index is 1.59. The van der Waals surface area contributed by atoms with E-state index in [-0.39, 0.29) is 0 Å². The Labute approximate surface area is 121 Å². The molecule has 1 aromatic heterocycles. The van der Waals surface area contributed by atoms with Gasteiger partial charge in [0.1, 0.15) is 6.33 Å². The van der Waals surface area contributed by atoms with Gasteiger partial charge < -0.3 is 5.32 Å². The number of aromatic amines is 1. The van der Waals surface area contributed by atoms with Crippen molar-refractivity contribution >= 4 is 29.2 Å². The number of thioether (sulfide) groups is 1. The summed E-state index contributed by atoms with van der Waals surface area (Å²) in [4.78, 5) is 5.27. The van der Waals surface area contributed by atoms with Gasteiger partial charge in [-0.3, -0.25) is 5.10 Å². The maximum Gasteiger partial charge on any atom is 0.188 e. The molecule has 0 bridgehead atoms. The van der Waals surface area contributed by atoms with Gasteiger partial charge in [0, 0.05) is 27.6 Å². The second-order valence-electron chi connectivity index (χ2n) is 4.64. The Kier molecular flexibility index (Phi) is 3.98. The third kappa shape index (κ3) is 3.45. The lowest BCUT2D eigenvalue weighted by molar-refractivity contribution is 0.747. The van der Waals surface area contributed by atoms with Crippen LogP contribution in [0.3, 0.4) is 0 Å². The number of H-pyrrole nitrogens is 1. The summed E-state index contributed by atoms with van der Waals surface area (Å²) < 4.78 is 0. The molecule has 100 valence electrons. The molecule has 2 heterocycles. The van der Waals surface area contributed by atoms with Crippen molar-refractivity contribution in [3.05, 3.63) is 30.6 Å². The number of rotatable bonds is 4. The molecular formula is C13H16N4S2. The van der Waals surface area contributed by atoms with Gasteiger partial charge in [-0.05, 0) is 30.7 Å². The molecule has 4 nitrogen and oxygen atoms in total. The van der Waals surface area contributed by atoms with Crippen LogP contribution in [0, 0.1) is 0 Å². The number of hydrogen-bond acceptors (Lipinski definition) is 5. The molecule has 0 saturated carbocycles. The minimum atomic E-state index is 0.604. The minimum Gasteiger partial charge on any atom is -0.381 e. The van der Waals surface area contributed by atoms with E-state index in [1.807, 2.05) is 11.8 Å². The second kappa shape index (κ2) is 5.88. The zero-order chi connectivity index (χ0) is 13.1. The van der Waals surface area contributed by atoms with Crippen LogP contribution in [0.5, 0.6) is 0 Å². The SMILES string of the molecule is CC1CC(Nc2ccc(Sc3ncn[nH]3)cc2)CS1. The summed E-state index contributed by atoms with van der Waals surface area (Å²) in [5.74, 6) is 1.20. The molecule has 6 heteroatoms.